The smallest absolute Gasteiger partial charge is 0.0573 e. The van der Waals surface area contributed by atoms with Gasteiger partial charge < -0.3 is 0 Å². The molecule has 2 rings (SSSR count). The van der Waals surface area contributed by atoms with Crippen LogP contribution in [-0.2, 0) is 6.54 Å². The van der Waals surface area contributed by atoms with E-state index in [1.54, 1.807) is 6.20 Å². The average Bonchev–Trinajstić information content (AvgIpc) is 2.69. The molecule has 3 heteroatoms. The van der Waals surface area contributed by atoms with Gasteiger partial charge in [-0.1, -0.05) is 64.3 Å². The van der Waals surface area contributed by atoms with E-state index in [0.29, 0.717) is 6.04 Å². The molecule has 1 aliphatic rings. The molecular formula is C25H41N3. The number of allylic oxidation sites excluding steroid dienone is 2. The number of aromatic nitrogens is 1. The first-order valence-corrected chi connectivity index (χ1v) is 11.0. The molecule has 0 N–H and O–H groups in total. The van der Waals surface area contributed by atoms with E-state index in [4.69, 9.17) is 4.98 Å². The predicted molar refractivity (Wildman–Crippen MR) is 124 cm³/mol. The Morgan fingerprint density at radius 2 is 1.93 bits per heavy atom. The average molecular weight is 384 g/mol. The van der Waals surface area contributed by atoms with Crippen molar-refractivity contribution >= 4 is 5.71 Å². The molecule has 1 aromatic heterocycles. The third-order valence-corrected chi connectivity index (χ3v) is 5.02. The minimum absolute atomic E-state index is 0.636. The van der Waals surface area contributed by atoms with Crippen LogP contribution in [0.1, 0.15) is 82.5 Å². The monoisotopic (exact) mass is 383 g/mol. The zero-order valence-corrected chi connectivity index (χ0v) is 18.9. The molecule has 0 bridgehead atoms. The van der Waals surface area contributed by atoms with Crippen LogP contribution < -0.4 is 0 Å². The Morgan fingerprint density at radius 1 is 1.25 bits per heavy atom. The molecule has 1 heterocycles. The largest absolute Gasteiger partial charge is 0.289 e. The standard InChI is InChI=1S/C22H33N3.C3H8/c1-5-7-11-20(23-6-2)16-25(21-12-9-8-10-13-21)17-22-19(4)14-18(3)15-24-22;1-3-2/h5-7,14-15,21H,2,8-13,16-17H2,1,3-4H3;3H2,1-2H3. The number of aliphatic imine (C=N–C) groups is 1. The van der Waals surface area contributed by atoms with Gasteiger partial charge in [-0.25, -0.2) is 0 Å². The number of rotatable bonds is 8. The number of hydrogen-bond acceptors (Lipinski definition) is 3. The summed E-state index contributed by atoms with van der Waals surface area (Å²) >= 11 is 0. The number of aryl methyl sites for hydroxylation is 2. The lowest BCUT2D eigenvalue weighted by molar-refractivity contribution is 0.167. The Kier molecular flexibility index (Phi) is 12.4. The highest BCUT2D eigenvalue weighted by Gasteiger charge is 2.23. The van der Waals surface area contributed by atoms with E-state index >= 15 is 0 Å². The second-order valence-corrected chi connectivity index (χ2v) is 7.83. The third kappa shape index (κ3) is 8.97. The lowest BCUT2D eigenvalue weighted by Crippen LogP contribution is -2.40. The van der Waals surface area contributed by atoms with Crippen molar-refractivity contribution in [2.75, 3.05) is 6.54 Å². The molecule has 28 heavy (non-hydrogen) atoms. The van der Waals surface area contributed by atoms with Gasteiger partial charge in [0.25, 0.3) is 0 Å². The van der Waals surface area contributed by atoms with Gasteiger partial charge in [0.2, 0.25) is 0 Å². The summed E-state index contributed by atoms with van der Waals surface area (Å²) < 4.78 is 0. The predicted octanol–water partition coefficient (Wildman–Crippen LogP) is 6.80. The van der Waals surface area contributed by atoms with Gasteiger partial charge in [0, 0.05) is 43.7 Å². The molecule has 1 aromatic rings. The van der Waals surface area contributed by atoms with Crippen molar-refractivity contribution in [3.63, 3.8) is 0 Å². The zero-order valence-electron chi connectivity index (χ0n) is 18.9. The van der Waals surface area contributed by atoms with Crippen molar-refractivity contribution in [1.29, 1.82) is 0 Å². The zero-order chi connectivity index (χ0) is 20.8. The number of hydrogen-bond donors (Lipinski definition) is 0. The normalized spacial score (nSPS) is 15.6. The quantitative estimate of drug-likeness (QED) is 0.365. The third-order valence-electron chi connectivity index (χ3n) is 5.02. The van der Waals surface area contributed by atoms with Gasteiger partial charge in [0.15, 0.2) is 0 Å². The van der Waals surface area contributed by atoms with Gasteiger partial charge in [-0.15, -0.1) is 0 Å². The lowest BCUT2D eigenvalue weighted by atomic mass is 9.93. The van der Waals surface area contributed by atoms with Gasteiger partial charge in [-0.05, 0) is 44.7 Å². The van der Waals surface area contributed by atoms with Crippen LogP contribution in [0.4, 0.5) is 0 Å². The first-order valence-electron chi connectivity index (χ1n) is 11.0. The maximum Gasteiger partial charge on any atom is 0.0573 e. The van der Waals surface area contributed by atoms with Gasteiger partial charge >= 0.3 is 0 Å². The van der Waals surface area contributed by atoms with Crippen molar-refractivity contribution in [1.82, 2.24) is 9.88 Å². The van der Waals surface area contributed by atoms with Crippen LogP contribution in [0.25, 0.3) is 0 Å². The summed E-state index contributed by atoms with van der Waals surface area (Å²) in [4.78, 5) is 11.8. The van der Waals surface area contributed by atoms with Crippen molar-refractivity contribution in [3.05, 3.63) is 54.0 Å². The lowest BCUT2D eigenvalue weighted by Gasteiger charge is -2.34. The van der Waals surface area contributed by atoms with E-state index in [9.17, 15) is 0 Å². The Balaban J connectivity index is 0.00000122. The Morgan fingerprint density at radius 3 is 2.50 bits per heavy atom. The minimum atomic E-state index is 0.636. The van der Waals surface area contributed by atoms with Gasteiger partial charge in [0.05, 0.1) is 5.69 Å². The van der Waals surface area contributed by atoms with E-state index in [0.717, 1.165) is 19.5 Å². The Labute approximate surface area is 173 Å². The SMILES string of the molecule is C=CN=C(CC=CC)CN(Cc1ncc(C)cc1C)C1CCCCC1.CCC. The second-order valence-electron chi connectivity index (χ2n) is 7.83. The van der Waals surface area contributed by atoms with Crippen LogP contribution >= 0.6 is 0 Å². The van der Waals surface area contributed by atoms with Crippen LogP contribution in [0.5, 0.6) is 0 Å². The van der Waals surface area contributed by atoms with Crippen LogP contribution in [0.3, 0.4) is 0 Å². The molecule has 0 atom stereocenters. The molecular weight excluding hydrogens is 342 g/mol. The maximum atomic E-state index is 4.71. The van der Waals surface area contributed by atoms with Crippen LogP contribution in [-0.4, -0.2) is 28.2 Å². The molecule has 0 amide bonds. The Hall–Kier alpha value is -1.74. The van der Waals surface area contributed by atoms with E-state index in [-0.39, 0.29) is 0 Å². The maximum absolute atomic E-state index is 4.71. The molecule has 1 saturated carbocycles. The fourth-order valence-corrected chi connectivity index (χ4v) is 3.64. The molecule has 0 aliphatic heterocycles. The van der Waals surface area contributed by atoms with Crippen LogP contribution in [0, 0.1) is 13.8 Å². The molecule has 156 valence electrons. The van der Waals surface area contributed by atoms with Crippen molar-refractivity contribution in [2.24, 2.45) is 4.99 Å². The van der Waals surface area contributed by atoms with E-state index < -0.39 is 0 Å². The van der Waals surface area contributed by atoms with Crippen molar-refractivity contribution in [2.45, 2.75) is 92.2 Å². The summed E-state index contributed by atoms with van der Waals surface area (Å²) in [5.41, 5.74) is 4.90. The fourth-order valence-electron chi connectivity index (χ4n) is 3.64. The topological polar surface area (TPSA) is 28.5 Å². The molecule has 0 spiro atoms. The summed E-state index contributed by atoms with van der Waals surface area (Å²) in [7, 11) is 0. The summed E-state index contributed by atoms with van der Waals surface area (Å²) in [6.45, 7) is 16.2. The van der Waals surface area contributed by atoms with Crippen molar-refractivity contribution < 1.29 is 0 Å². The van der Waals surface area contributed by atoms with E-state index in [1.807, 2.05) is 6.20 Å². The highest BCUT2D eigenvalue weighted by Crippen LogP contribution is 2.24. The van der Waals surface area contributed by atoms with Crippen LogP contribution in [0.15, 0.2) is 42.2 Å². The molecule has 1 aliphatic carbocycles. The highest BCUT2D eigenvalue weighted by molar-refractivity contribution is 5.88. The van der Waals surface area contributed by atoms with Crippen LogP contribution in [0.2, 0.25) is 0 Å². The second kappa shape index (κ2) is 14.3. The molecule has 0 aromatic carbocycles. The molecule has 0 saturated heterocycles. The van der Waals surface area contributed by atoms with E-state index in [1.165, 1.54) is 61.1 Å². The molecule has 0 unspecified atom stereocenters. The summed E-state index contributed by atoms with van der Waals surface area (Å²) in [5, 5.41) is 0. The summed E-state index contributed by atoms with van der Waals surface area (Å²) in [6, 6.07) is 2.87. The van der Waals surface area contributed by atoms with Gasteiger partial charge in [-0.2, -0.15) is 0 Å². The summed E-state index contributed by atoms with van der Waals surface area (Å²) in [5.74, 6) is 0. The van der Waals surface area contributed by atoms with Gasteiger partial charge in [-0.3, -0.25) is 14.9 Å². The Bertz CT molecular complexity index is 625. The van der Waals surface area contributed by atoms with Crippen molar-refractivity contribution in [3.8, 4) is 0 Å². The van der Waals surface area contributed by atoms with E-state index in [2.05, 4.69) is 69.3 Å². The molecule has 0 radical (unpaired) electrons. The van der Waals surface area contributed by atoms with Gasteiger partial charge in [0.1, 0.15) is 0 Å². The highest BCUT2D eigenvalue weighted by atomic mass is 15.2. The molecule has 3 nitrogen and oxygen atoms in total. The first-order chi connectivity index (χ1) is 13.5. The number of nitrogens with zero attached hydrogens (tertiary/aromatic N) is 3. The first kappa shape index (κ1) is 24.3. The summed E-state index contributed by atoms with van der Waals surface area (Å²) in [6.07, 6.45) is 16.7. The minimum Gasteiger partial charge on any atom is -0.289 e. The number of pyridine rings is 1. The fraction of sp³-hybridized carbons (Fsp3) is 0.600. The molecule has 1 fully saturated rings.